The van der Waals surface area contributed by atoms with Gasteiger partial charge in [0.2, 0.25) is 0 Å². The summed E-state index contributed by atoms with van der Waals surface area (Å²) in [5.74, 6) is 0.518. The predicted octanol–water partition coefficient (Wildman–Crippen LogP) is 1.49. The Hall–Kier alpha value is -1.59. The second-order valence-electron chi connectivity index (χ2n) is 5.02. The van der Waals surface area contributed by atoms with Gasteiger partial charge in [-0.3, -0.25) is 4.79 Å². The zero-order valence-electron chi connectivity index (χ0n) is 11.8. The third-order valence-corrected chi connectivity index (χ3v) is 3.78. The summed E-state index contributed by atoms with van der Waals surface area (Å²) in [6.45, 7) is 1.66. The molecule has 0 aliphatic carbocycles. The summed E-state index contributed by atoms with van der Waals surface area (Å²) in [4.78, 5) is 12.3. The van der Waals surface area contributed by atoms with E-state index in [1.807, 2.05) is 24.3 Å². The lowest BCUT2D eigenvalue weighted by Gasteiger charge is -2.33. The number of rotatable bonds is 5. The van der Waals surface area contributed by atoms with Crippen molar-refractivity contribution in [3.8, 4) is 5.75 Å². The van der Waals surface area contributed by atoms with Crippen molar-refractivity contribution in [2.75, 3.05) is 26.9 Å². The van der Waals surface area contributed by atoms with Crippen LogP contribution in [0, 0.1) is 5.41 Å². The van der Waals surface area contributed by atoms with E-state index in [4.69, 9.17) is 19.9 Å². The summed E-state index contributed by atoms with van der Waals surface area (Å²) in [5.41, 5.74) is 6.09. The molecule has 1 saturated heterocycles. The predicted molar refractivity (Wildman–Crippen MR) is 74.3 cm³/mol. The molecule has 0 radical (unpaired) electrons. The lowest BCUT2D eigenvalue weighted by atomic mass is 9.80. The number of benzene rings is 1. The molecule has 0 atom stereocenters. The van der Waals surface area contributed by atoms with Gasteiger partial charge in [-0.2, -0.15) is 0 Å². The molecule has 2 N–H and O–H groups in total. The van der Waals surface area contributed by atoms with Crippen LogP contribution in [-0.4, -0.2) is 32.8 Å². The van der Waals surface area contributed by atoms with E-state index < -0.39 is 5.41 Å². The highest BCUT2D eigenvalue weighted by Gasteiger charge is 2.40. The van der Waals surface area contributed by atoms with Gasteiger partial charge in [-0.1, -0.05) is 12.1 Å². The van der Waals surface area contributed by atoms with Crippen molar-refractivity contribution in [3.63, 3.8) is 0 Å². The Morgan fingerprint density at radius 1 is 1.40 bits per heavy atom. The summed E-state index contributed by atoms with van der Waals surface area (Å²) in [7, 11) is 1.61. The van der Waals surface area contributed by atoms with Crippen molar-refractivity contribution < 1.29 is 19.0 Å². The van der Waals surface area contributed by atoms with E-state index in [9.17, 15) is 4.79 Å². The number of nitrogens with two attached hydrogens (primary N) is 1. The number of carbonyl (C=O) groups excluding carboxylic acids is 1. The highest BCUT2D eigenvalue weighted by Crippen LogP contribution is 2.31. The Kier molecular flexibility index (Phi) is 4.98. The standard InChI is InChI=1S/C15H21NO4/c1-18-13-4-2-3-12(9-13)10-20-14(17)15(11-16)5-7-19-8-6-15/h2-4,9H,5-8,10-11,16H2,1H3. The molecule has 5 nitrogen and oxygen atoms in total. The molecule has 1 fully saturated rings. The van der Waals surface area contributed by atoms with Crippen molar-refractivity contribution in [2.24, 2.45) is 11.1 Å². The minimum atomic E-state index is -0.586. The fourth-order valence-electron chi connectivity index (χ4n) is 2.32. The minimum Gasteiger partial charge on any atom is -0.497 e. The van der Waals surface area contributed by atoms with Crippen LogP contribution < -0.4 is 10.5 Å². The van der Waals surface area contributed by atoms with E-state index in [-0.39, 0.29) is 12.6 Å². The minimum absolute atomic E-state index is 0.230. The van der Waals surface area contributed by atoms with Gasteiger partial charge >= 0.3 is 5.97 Å². The lowest BCUT2D eigenvalue weighted by molar-refractivity contribution is -0.162. The van der Waals surface area contributed by atoms with Crippen LogP contribution in [0.2, 0.25) is 0 Å². The van der Waals surface area contributed by atoms with Gasteiger partial charge in [-0.25, -0.2) is 0 Å². The molecular formula is C15H21NO4. The first kappa shape index (κ1) is 14.8. The van der Waals surface area contributed by atoms with Crippen LogP contribution in [0.15, 0.2) is 24.3 Å². The number of carbonyl (C=O) groups is 1. The smallest absolute Gasteiger partial charge is 0.313 e. The van der Waals surface area contributed by atoms with Crippen LogP contribution in [-0.2, 0) is 20.9 Å². The second kappa shape index (κ2) is 6.72. The van der Waals surface area contributed by atoms with E-state index in [0.717, 1.165) is 11.3 Å². The van der Waals surface area contributed by atoms with Crippen molar-refractivity contribution >= 4 is 5.97 Å². The Bertz CT molecular complexity index is 455. The second-order valence-corrected chi connectivity index (χ2v) is 5.02. The average molecular weight is 279 g/mol. The quantitative estimate of drug-likeness (QED) is 0.827. The number of methoxy groups -OCH3 is 1. The molecule has 0 aromatic heterocycles. The van der Waals surface area contributed by atoms with Gasteiger partial charge in [0.15, 0.2) is 0 Å². The van der Waals surface area contributed by atoms with Gasteiger partial charge in [0.1, 0.15) is 12.4 Å². The summed E-state index contributed by atoms with van der Waals surface area (Å²) in [5, 5.41) is 0. The Morgan fingerprint density at radius 2 is 2.15 bits per heavy atom. The molecule has 1 aliphatic rings. The van der Waals surface area contributed by atoms with Crippen LogP contribution in [0.5, 0.6) is 5.75 Å². The molecule has 1 aliphatic heterocycles. The zero-order valence-corrected chi connectivity index (χ0v) is 11.8. The molecule has 110 valence electrons. The summed E-state index contributed by atoms with van der Waals surface area (Å²) >= 11 is 0. The van der Waals surface area contributed by atoms with Crippen molar-refractivity contribution in [2.45, 2.75) is 19.4 Å². The van der Waals surface area contributed by atoms with Crippen molar-refractivity contribution in [3.05, 3.63) is 29.8 Å². The SMILES string of the molecule is COc1cccc(COC(=O)C2(CN)CCOCC2)c1. The van der Waals surface area contributed by atoms with Crippen LogP contribution in [0.25, 0.3) is 0 Å². The Balaban J connectivity index is 1.96. The maximum absolute atomic E-state index is 12.3. The third-order valence-electron chi connectivity index (χ3n) is 3.78. The van der Waals surface area contributed by atoms with Gasteiger partial charge in [0, 0.05) is 19.8 Å². The molecule has 2 rings (SSSR count). The molecule has 0 spiro atoms. The van der Waals surface area contributed by atoms with E-state index in [1.54, 1.807) is 7.11 Å². The zero-order chi connectivity index (χ0) is 14.4. The van der Waals surface area contributed by atoms with Crippen LogP contribution in [0.4, 0.5) is 0 Å². The van der Waals surface area contributed by atoms with Gasteiger partial charge < -0.3 is 19.9 Å². The molecular weight excluding hydrogens is 258 g/mol. The van der Waals surface area contributed by atoms with Crippen molar-refractivity contribution in [1.29, 1.82) is 0 Å². The lowest BCUT2D eigenvalue weighted by Crippen LogP contribution is -2.44. The van der Waals surface area contributed by atoms with Gasteiger partial charge in [0.05, 0.1) is 12.5 Å². The average Bonchev–Trinajstić information content (AvgIpc) is 2.53. The largest absolute Gasteiger partial charge is 0.497 e. The first-order valence-electron chi connectivity index (χ1n) is 6.78. The fourth-order valence-corrected chi connectivity index (χ4v) is 2.32. The highest BCUT2D eigenvalue weighted by molar-refractivity contribution is 5.77. The maximum atomic E-state index is 12.3. The first-order chi connectivity index (χ1) is 9.70. The van der Waals surface area contributed by atoms with Crippen LogP contribution >= 0.6 is 0 Å². The van der Waals surface area contributed by atoms with Gasteiger partial charge in [-0.05, 0) is 30.5 Å². The summed E-state index contributed by atoms with van der Waals surface area (Å²) in [6.07, 6.45) is 1.25. The third kappa shape index (κ3) is 3.29. The topological polar surface area (TPSA) is 70.8 Å². The normalized spacial score (nSPS) is 17.5. The molecule has 0 amide bonds. The van der Waals surface area contributed by atoms with Gasteiger partial charge in [0.25, 0.3) is 0 Å². The first-order valence-corrected chi connectivity index (χ1v) is 6.78. The van der Waals surface area contributed by atoms with Crippen LogP contribution in [0.1, 0.15) is 18.4 Å². The van der Waals surface area contributed by atoms with E-state index >= 15 is 0 Å². The summed E-state index contributed by atoms with van der Waals surface area (Å²) < 4.78 is 15.9. The van der Waals surface area contributed by atoms with E-state index in [0.29, 0.717) is 32.6 Å². The monoisotopic (exact) mass is 279 g/mol. The summed E-state index contributed by atoms with van der Waals surface area (Å²) in [6, 6.07) is 7.47. The highest BCUT2D eigenvalue weighted by atomic mass is 16.5. The Morgan fingerprint density at radius 3 is 2.80 bits per heavy atom. The molecule has 5 heteroatoms. The Labute approximate surface area is 119 Å². The van der Waals surface area contributed by atoms with E-state index in [1.165, 1.54) is 0 Å². The number of esters is 1. The number of hydrogen-bond acceptors (Lipinski definition) is 5. The van der Waals surface area contributed by atoms with Crippen LogP contribution in [0.3, 0.4) is 0 Å². The fraction of sp³-hybridized carbons (Fsp3) is 0.533. The molecule has 1 heterocycles. The molecule has 1 aromatic carbocycles. The van der Waals surface area contributed by atoms with Crippen molar-refractivity contribution in [1.82, 2.24) is 0 Å². The molecule has 0 saturated carbocycles. The van der Waals surface area contributed by atoms with E-state index in [2.05, 4.69) is 0 Å². The number of ether oxygens (including phenoxy) is 3. The number of hydrogen-bond donors (Lipinski definition) is 1. The maximum Gasteiger partial charge on any atom is 0.313 e. The molecule has 20 heavy (non-hydrogen) atoms. The molecule has 0 unspecified atom stereocenters. The van der Waals surface area contributed by atoms with Gasteiger partial charge in [-0.15, -0.1) is 0 Å². The molecule has 1 aromatic rings. The molecule has 0 bridgehead atoms.